The molecule has 1 aliphatic heterocycles. The Labute approximate surface area is 142 Å². The molecule has 1 saturated heterocycles. The van der Waals surface area contributed by atoms with Crippen LogP contribution in [0.2, 0.25) is 5.02 Å². The van der Waals surface area contributed by atoms with Crippen LogP contribution in [0.15, 0.2) is 18.2 Å². The third-order valence-electron chi connectivity index (χ3n) is 3.47. The molecule has 0 spiro atoms. The number of hydrogen-bond donors (Lipinski definition) is 2. The van der Waals surface area contributed by atoms with Crippen molar-refractivity contribution < 1.29 is 28.6 Å². The Hall–Kier alpha value is -2.19. The van der Waals surface area contributed by atoms with E-state index in [-0.39, 0.29) is 36.9 Å². The van der Waals surface area contributed by atoms with Crippen LogP contribution in [0.25, 0.3) is 0 Å². The first-order chi connectivity index (χ1) is 11.4. The van der Waals surface area contributed by atoms with Crippen LogP contribution < -0.4 is 5.32 Å². The smallest absolute Gasteiger partial charge is 0.305 e. The van der Waals surface area contributed by atoms with Gasteiger partial charge in [-0.15, -0.1) is 0 Å². The van der Waals surface area contributed by atoms with Crippen LogP contribution in [-0.4, -0.2) is 53.6 Å². The van der Waals surface area contributed by atoms with E-state index in [1.54, 1.807) is 0 Å². The van der Waals surface area contributed by atoms with Crippen LogP contribution >= 0.6 is 11.6 Å². The van der Waals surface area contributed by atoms with Crippen LogP contribution in [0.5, 0.6) is 0 Å². The second kappa shape index (κ2) is 8.07. The monoisotopic (exact) mass is 358 g/mol. The number of carboxylic acids is 1. The molecule has 0 unspecified atom stereocenters. The maximum atomic E-state index is 13.1. The Morgan fingerprint density at radius 1 is 1.42 bits per heavy atom. The molecule has 1 aromatic carbocycles. The molecular weight excluding hydrogens is 343 g/mol. The third-order valence-corrected chi connectivity index (χ3v) is 3.76. The molecule has 0 aromatic heterocycles. The first-order valence-electron chi connectivity index (χ1n) is 7.20. The third kappa shape index (κ3) is 4.90. The molecule has 7 nitrogen and oxygen atoms in total. The largest absolute Gasteiger partial charge is 0.481 e. The maximum absolute atomic E-state index is 13.1. The number of carbonyl (C=O) groups excluding carboxylic acids is 2. The van der Waals surface area contributed by atoms with E-state index >= 15 is 0 Å². The first-order valence-corrected chi connectivity index (χ1v) is 7.58. The number of carboxylic acid groups (broad SMARTS) is 1. The zero-order chi connectivity index (χ0) is 17.7. The number of morpholine rings is 1. The van der Waals surface area contributed by atoms with Gasteiger partial charge in [-0.2, -0.15) is 0 Å². The molecule has 0 aliphatic carbocycles. The summed E-state index contributed by atoms with van der Waals surface area (Å²) in [6.07, 6.45) is -0.702. The van der Waals surface area contributed by atoms with E-state index in [9.17, 15) is 18.8 Å². The van der Waals surface area contributed by atoms with E-state index in [0.717, 1.165) is 6.07 Å². The topological polar surface area (TPSA) is 95.9 Å². The number of carbonyl (C=O) groups is 3. The van der Waals surface area contributed by atoms with Crippen molar-refractivity contribution in [2.45, 2.75) is 18.9 Å². The van der Waals surface area contributed by atoms with Gasteiger partial charge >= 0.3 is 5.97 Å². The van der Waals surface area contributed by atoms with Gasteiger partial charge in [0.25, 0.3) is 0 Å². The Bertz CT molecular complexity index is 655. The predicted molar refractivity (Wildman–Crippen MR) is 83.2 cm³/mol. The highest BCUT2D eigenvalue weighted by molar-refractivity contribution is 6.31. The van der Waals surface area contributed by atoms with Gasteiger partial charge in [0.1, 0.15) is 12.2 Å². The maximum Gasteiger partial charge on any atom is 0.305 e. The number of nitrogens with zero attached hydrogens (tertiary/aromatic N) is 1. The molecule has 9 heteroatoms. The lowest BCUT2D eigenvalue weighted by atomic mass is 10.1. The van der Waals surface area contributed by atoms with E-state index in [4.69, 9.17) is 21.4 Å². The lowest BCUT2D eigenvalue weighted by Crippen LogP contribution is -2.50. The zero-order valence-corrected chi connectivity index (χ0v) is 13.4. The minimum atomic E-state index is -1.05. The van der Waals surface area contributed by atoms with Crippen molar-refractivity contribution in [3.8, 4) is 0 Å². The molecule has 1 fully saturated rings. The fourth-order valence-corrected chi connectivity index (χ4v) is 2.55. The Morgan fingerprint density at radius 3 is 2.83 bits per heavy atom. The average molecular weight is 359 g/mol. The average Bonchev–Trinajstić information content (AvgIpc) is 2.50. The second-order valence-electron chi connectivity index (χ2n) is 5.27. The van der Waals surface area contributed by atoms with Gasteiger partial charge in [0, 0.05) is 12.2 Å². The molecule has 1 heterocycles. The Kier molecular flexibility index (Phi) is 6.10. The van der Waals surface area contributed by atoms with Crippen molar-refractivity contribution in [1.29, 1.82) is 0 Å². The summed E-state index contributed by atoms with van der Waals surface area (Å²) in [7, 11) is 0. The van der Waals surface area contributed by atoms with Gasteiger partial charge in [-0.25, -0.2) is 4.39 Å². The Morgan fingerprint density at radius 2 is 2.17 bits per heavy atom. The highest BCUT2D eigenvalue weighted by Gasteiger charge is 2.30. The van der Waals surface area contributed by atoms with Gasteiger partial charge in [0.2, 0.25) is 11.8 Å². The van der Waals surface area contributed by atoms with Gasteiger partial charge in [-0.1, -0.05) is 11.6 Å². The van der Waals surface area contributed by atoms with Crippen molar-refractivity contribution >= 4 is 35.1 Å². The molecule has 1 atom stereocenters. The minimum absolute atomic E-state index is 0.118. The molecule has 0 radical (unpaired) electrons. The summed E-state index contributed by atoms with van der Waals surface area (Å²) in [5.74, 6) is -2.75. The molecule has 0 saturated carbocycles. The van der Waals surface area contributed by atoms with E-state index in [1.165, 1.54) is 17.0 Å². The SMILES string of the molecule is O=C(O)C[C@@H]1COCCN1C(=O)CC(=O)Nc1ccc(F)c(Cl)c1. The van der Waals surface area contributed by atoms with Crippen LogP contribution in [-0.2, 0) is 19.1 Å². The summed E-state index contributed by atoms with van der Waals surface area (Å²) in [5.41, 5.74) is 0.267. The molecule has 2 rings (SSSR count). The molecule has 1 aliphatic rings. The zero-order valence-electron chi connectivity index (χ0n) is 12.6. The van der Waals surface area contributed by atoms with E-state index < -0.39 is 36.1 Å². The Balaban J connectivity index is 1.95. The molecule has 24 heavy (non-hydrogen) atoms. The van der Waals surface area contributed by atoms with Crippen molar-refractivity contribution in [3.05, 3.63) is 29.0 Å². The van der Waals surface area contributed by atoms with Crippen LogP contribution in [0.4, 0.5) is 10.1 Å². The van der Waals surface area contributed by atoms with Gasteiger partial charge < -0.3 is 20.1 Å². The summed E-state index contributed by atoms with van der Waals surface area (Å²) in [6.45, 7) is 0.636. The summed E-state index contributed by atoms with van der Waals surface area (Å²) in [6, 6.07) is 3.06. The number of halogens is 2. The minimum Gasteiger partial charge on any atom is -0.481 e. The van der Waals surface area contributed by atoms with Crippen molar-refractivity contribution in [3.63, 3.8) is 0 Å². The number of hydrogen-bond acceptors (Lipinski definition) is 4. The lowest BCUT2D eigenvalue weighted by Gasteiger charge is -2.34. The van der Waals surface area contributed by atoms with Crippen molar-refractivity contribution in [2.75, 3.05) is 25.1 Å². The number of aliphatic carboxylic acids is 1. The van der Waals surface area contributed by atoms with Gasteiger partial charge in [0.15, 0.2) is 0 Å². The number of anilines is 1. The standard InChI is InChI=1S/C15H16ClFN2O5/c16-11-5-9(1-2-12(11)17)18-13(20)7-14(21)19-3-4-24-8-10(19)6-15(22)23/h1-2,5,10H,3-4,6-8H2,(H,18,20)(H,22,23)/t10-/m1/s1. The highest BCUT2D eigenvalue weighted by atomic mass is 35.5. The van der Waals surface area contributed by atoms with E-state index in [1.807, 2.05) is 0 Å². The fraction of sp³-hybridized carbons (Fsp3) is 0.400. The summed E-state index contributed by atoms with van der Waals surface area (Å²) < 4.78 is 18.3. The number of nitrogens with one attached hydrogen (secondary N) is 1. The molecular formula is C15H16ClFN2O5. The molecule has 0 bridgehead atoms. The van der Waals surface area contributed by atoms with Crippen LogP contribution in [0.1, 0.15) is 12.8 Å². The number of rotatable bonds is 5. The van der Waals surface area contributed by atoms with E-state index in [2.05, 4.69) is 5.32 Å². The van der Waals surface area contributed by atoms with Gasteiger partial charge in [-0.3, -0.25) is 14.4 Å². The second-order valence-corrected chi connectivity index (χ2v) is 5.67. The molecule has 1 aromatic rings. The number of ether oxygens (including phenoxy) is 1. The van der Waals surface area contributed by atoms with E-state index in [0.29, 0.717) is 0 Å². The summed E-state index contributed by atoms with van der Waals surface area (Å²) >= 11 is 5.62. The highest BCUT2D eigenvalue weighted by Crippen LogP contribution is 2.19. The van der Waals surface area contributed by atoms with Crippen LogP contribution in [0, 0.1) is 5.82 Å². The normalized spacial score (nSPS) is 17.4. The van der Waals surface area contributed by atoms with Crippen molar-refractivity contribution in [1.82, 2.24) is 4.90 Å². The lowest BCUT2D eigenvalue weighted by molar-refractivity contribution is -0.147. The molecule has 130 valence electrons. The van der Waals surface area contributed by atoms with Gasteiger partial charge in [0.05, 0.1) is 30.7 Å². The first kappa shape index (κ1) is 18.2. The number of benzene rings is 1. The van der Waals surface area contributed by atoms with Crippen LogP contribution in [0.3, 0.4) is 0 Å². The fourth-order valence-electron chi connectivity index (χ4n) is 2.37. The number of amides is 2. The van der Waals surface area contributed by atoms with Gasteiger partial charge in [-0.05, 0) is 18.2 Å². The predicted octanol–water partition coefficient (Wildman–Crippen LogP) is 1.51. The molecule has 2 N–H and O–H groups in total. The summed E-state index contributed by atoms with van der Waals surface area (Å²) in [4.78, 5) is 36.4. The molecule has 2 amide bonds. The quantitative estimate of drug-likeness (QED) is 0.778. The summed E-state index contributed by atoms with van der Waals surface area (Å²) in [5, 5.41) is 11.2. The van der Waals surface area contributed by atoms with Crippen molar-refractivity contribution in [2.24, 2.45) is 0 Å².